The number of nitrogens with two attached hydrogens (primary N) is 1. The zero-order valence-corrected chi connectivity index (χ0v) is 12.7. The fraction of sp³-hybridized carbons (Fsp3) is 0.500. The molecule has 4 rings (SSSR count). The largest absolute Gasteiger partial charge is 0.328 e. The van der Waals surface area contributed by atoms with E-state index in [0.29, 0.717) is 6.04 Å². The van der Waals surface area contributed by atoms with E-state index in [9.17, 15) is 0 Å². The van der Waals surface area contributed by atoms with E-state index in [1.807, 2.05) is 0 Å². The predicted molar refractivity (Wildman–Crippen MR) is 89.3 cm³/mol. The molecule has 2 aromatic rings. The van der Waals surface area contributed by atoms with Crippen LogP contribution in [0.5, 0.6) is 0 Å². The summed E-state index contributed by atoms with van der Waals surface area (Å²) in [5.41, 5.74) is 7.58. The summed E-state index contributed by atoms with van der Waals surface area (Å²) in [7, 11) is 0. The highest BCUT2D eigenvalue weighted by Gasteiger charge is 2.39. The molecule has 0 heterocycles. The predicted octanol–water partition coefficient (Wildman–Crippen LogP) is 4.85. The minimum Gasteiger partial charge on any atom is -0.328 e. The third kappa shape index (κ3) is 2.85. The monoisotopic (exact) mass is 279 g/mol. The van der Waals surface area contributed by atoms with Crippen LogP contribution in [-0.4, -0.2) is 6.04 Å². The van der Waals surface area contributed by atoms with Gasteiger partial charge in [-0.25, -0.2) is 0 Å². The zero-order valence-electron chi connectivity index (χ0n) is 12.7. The van der Waals surface area contributed by atoms with Gasteiger partial charge in [0.05, 0.1) is 0 Å². The molecule has 1 nitrogen and oxygen atoms in total. The molecule has 1 heteroatoms. The minimum atomic E-state index is 0.483. The number of hydrogen-bond acceptors (Lipinski definition) is 1. The molecule has 0 bridgehead atoms. The highest BCUT2D eigenvalue weighted by molar-refractivity contribution is 5.83. The Hall–Kier alpha value is -1.34. The molecule has 0 radical (unpaired) electrons. The molecule has 0 saturated heterocycles. The standard InChI is InChI=1S/C20H25N/c21-19-9-5-14(6-10-19)11-18-13-20(18)17-8-7-15-3-1-2-4-16(15)12-17/h1-4,7-8,12,14,18-20H,5-6,9-11,13,21H2. The molecular weight excluding hydrogens is 254 g/mol. The van der Waals surface area contributed by atoms with Crippen molar-refractivity contribution in [2.24, 2.45) is 17.6 Å². The van der Waals surface area contributed by atoms with Crippen LogP contribution in [-0.2, 0) is 0 Å². The minimum absolute atomic E-state index is 0.483. The number of fused-ring (bicyclic) bond motifs is 1. The van der Waals surface area contributed by atoms with Crippen molar-refractivity contribution in [1.29, 1.82) is 0 Å². The van der Waals surface area contributed by atoms with Crippen molar-refractivity contribution in [2.45, 2.75) is 50.5 Å². The van der Waals surface area contributed by atoms with Crippen molar-refractivity contribution in [2.75, 3.05) is 0 Å². The quantitative estimate of drug-likeness (QED) is 0.854. The van der Waals surface area contributed by atoms with Gasteiger partial charge in [-0.05, 0) is 72.6 Å². The number of hydrogen-bond donors (Lipinski definition) is 1. The molecule has 2 N–H and O–H groups in total. The van der Waals surface area contributed by atoms with Crippen LogP contribution in [0.1, 0.15) is 50.0 Å². The Labute approximate surface area is 127 Å². The van der Waals surface area contributed by atoms with Crippen LogP contribution in [0.3, 0.4) is 0 Å². The molecule has 2 aliphatic carbocycles. The molecular formula is C20H25N. The van der Waals surface area contributed by atoms with Crippen molar-refractivity contribution in [1.82, 2.24) is 0 Å². The van der Waals surface area contributed by atoms with E-state index in [4.69, 9.17) is 5.73 Å². The second-order valence-corrected chi connectivity index (χ2v) is 7.23. The molecule has 2 aliphatic rings. The lowest BCUT2D eigenvalue weighted by Gasteiger charge is -2.26. The van der Waals surface area contributed by atoms with Crippen molar-refractivity contribution < 1.29 is 0 Å². The second-order valence-electron chi connectivity index (χ2n) is 7.23. The molecule has 2 saturated carbocycles. The molecule has 2 unspecified atom stereocenters. The summed E-state index contributed by atoms with van der Waals surface area (Å²) in [6.07, 6.45) is 8.06. The summed E-state index contributed by atoms with van der Waals surface area (Å²) in [5.74, 6) is 2.70. The summed E-state index contributed by atoms with van der Waals surface area (Å²) in [5, 5.41) is 2.75. The normalized spacial score (nSPS) is 32.2. The van der Waals surface area contributed by atoms with E-state index >= 15 is 0 Å². The molecule has 2 aromatic carbocycles. The maximum absolute atomic E-state index is 6.01. The Kier molecular flexibility index (Phi) is 3.46. The first kappa shape index (κ1) is 13.3. The van der Waals surface area contributed by atoms with Crippen LogP contribution in [0.4, 0.5) is 0 Å². The SMILES string of the molecule is NC1CCC(CC2CC2c2ccc3ccccc3c2)CC1. The third-order valence-corrected chi connectivity index (χ3v) is 5.65. The van der Waals surface area contributed by atoms with E-state index < -0.39 is 0 Å². The topological polar surface area (TPSA) is 26.0 Å². The van der Waals surface area contributed by atoms with Gasteiger partial charge in [0.2, 0.25) is 0 Å². The van der Waals surface area contributed by atoms with Crippen LogP contribution in [0, 0.1) is 11.8 Å². The van der Waals surface area contributed by atoms with Crippen molar-refractivity contribution >= 4 is 10.8 Å². The Bertz CT molecular complexity index is 625. The first-order chi connectivity index (χ1) is 10.3. The fourth-order valence-electron chi connectivity index (χ4n) is 4.21. The Morgan fingerprint density at radius 2 is 1.67 bits per heavy atom. The van der Waals surface area contributed by atoms with Crippen LogP contribution in [0.2, 0.25) is 0 Å². The van der Waals surface area contributed by atoms with E-state index in [2.05, 4.69) is 42.5 Å². The van der Waals surface area contributed by atoms with E-state index in [-0.39, 0.29) is 0 Å². The maximum atomic E-state index is 6.01. The fourth-order valence-corrected chi connectivity index (χ4v) is 4.21. The highest BCUT2D eigenvalue weighted by atomic mass is 14.6. The third-order valence-electron chi connectivity index (χ3n) is 5.65. The van der Waals surface area contributed by atoms with Gasteiger partial charge in [0.15, 0.2) is 0 Å². The lowest BCUT2D eigenvalue weighted by atomic mass is 9.83. The molecule has 21 heavy (non-hydrogen) atoms. The average molecular weight is 279 g/mol. The first-order valence-electron chi connectivity index (χ1n) is 8.54. The first-order valence-corrected chi connectivity index (χ1v) is 8.54. The molecule has 0 amide bonds. The van der Waals surface area contributed by atoms with Gasteiger partial charge in [0.1, 0.15) is 0 Å². The van der Waals surface area contributed by atoms with Crippen molar-refractivity contribution in [3.63, 3.8) is 0 Å². The van der Waals surface area contributed by atoms with E-state index in [1.165, 1.54) is 49.3 Å². The van der Waals surface area contributed by atoms with Gasteiger partial charge in [-0.15, -0.1) is 0 Å². The molecule has 0 aliphatic heterocycles. The second kappa shape index (κ2) is 5.46. The van der Waals surface area contributed by atoms with Gasteiger partial charge < -0.3 is 5.73 Å². The van der Waals surface area contributed by atoms with Gasteiger partial charge >= 0.3 is 0 Å². The lowest BCUT2D eigenvalue weighted by molar-refractivity contribution is 0.298. The zero-order chi connectivity index (χ0) is 14.2. The summed E-state index contributed by atoms with van der Waals surface area (Å²) in [6, 6.07) is 16.2. The smallest absolute Gasteiger partial charge is 0.00390 e. The van der Waals surface area contributed by atoms with Crippen LogP contribution < -0.4 is 5.73 Å². The maximum Gasteiger partial charge on any atom is 0.00390 e. The number of rotatable bonds is 3. The molecule has 0 aromatic heterocycles. The van der Waals surface area contributed by atoms with Gasteiger partial charge in [0, 0.05) is 6.04 Å². The lowest BCUT2D eigenvalue weighted by Crippen LogP contribution is -2.26. The van der Waals surface area contributed by atoms with E-state index in [0.717, 1.165) is 17.8 Å². The Morgan fingerprint density at radius 1 is 0.905 bits per heavy atom. The summed E-state index contributed by atoms with van der Waals surface area (Å²) >= 11 is 0. The van der Waals surface area contributed by atoms with Gasteiger partial charge in [0.25, 0.3) is 0 Å². The number of benzene rings is 2. The summed E-state index contributed by atoms with van der Waals surface area (Å²) < 4.78 is 0. The van der Waals surface area contributed by atoms with E-state index in [1.54, 1.807) is 5.56 Å². The van der Waals surface area contributed by atoms with Gasteiger partial charge in [-0.1, -0.05) is 42.5 Å². The van der Waals surface area contributed by atoms with Crippen molar-refractivity contribution in [3.05, 3.63) is 48.0 Å². The summed E-state index contributed by atoms with van der Waals surface area (Å²) in [6.45, 7) is 0. The Balaban J connectivity index is 1.41. The highest BCUT2D eigenvalue weighted by Crippen LogP contribution is 2.52. The van der Waals surface area contributed by atoms with Gasteiger partial charge in [-0.2, -0.15) is 0 Å². The molecule has 110 valence electrons. The molecule has 2 atom stereocenters. The Morgan fingerprint density at radius 3 is 2.48 bits per heavy atom. The van der Waals surface area contributed by atoms with Gasteiger partial charge in [-0.3, -0.25) is 0 Å². The average Bonchev–Trinajstić information content (AvgIpc) is 3.28. The molecule has 2 fully saturated rings. The van der Waals surface area contributed by atoms with Crippen LogP contribution in [0.25, 0.3) is 10.8 Å². The molecule has 0 spiro atoms. The van der Waals surface area contributed by atoms with Crippen molar-refractivity contribution in [3.8, 4) is 0 Å². The van der Waals surface area contributed by atoms with Crippen LogP contribution >= 0.6 is 0 Å². The summed E-state index contributed by atoms with van der Waals surface area (Å²) in [4.78, 5) is 0. The van der Waals surface area contributed by atoms with Crippen LogP contribution in [0.15, 0.2) is 42.5 Å².